The molecule has 0 aliphatic heterocycles. The van der Waals surface area contributed by atoms with Crippen molar-refractivity contribution in [3.63, 3.8) is 0 Å². The number of hydrogen-bond acceptors (Lipinski definition) is 4. The van der Waals surface area contributed by atoms with E-state index in [0.29, 0.717) is 12.2 Å². The smallest absolute Gasteiger partial charge is 0.360 e. The molecule has 2 unspecified atom stereocenters. The van der Waals surface area contributed by atoms with Crippen molar-refractivity contribution >= 4 is 23.3 Å². The average molecular weight is 353 g/mol. The van der Waals surface area contributed by atoms with E-state index in [1.54, 1.807) is 13.0 Å². The maximum atomic E-state index is 12.5. The fourth-order valence-electron chi connectivity index (χ4n) is 2.40. The van der Waals surface area contributed by atoms with Gasteiger partial charge < -0.3 is 15.2 Å². The van der Waals surface area contributed by atoms with Crippen molar-refractivity contribution in [2.75, 3.05) is 10.6 Å². The Morgan fingerprint density at radius 2 is 1.72 bits per heavy atom. The van der Waals surface area contributed by atoms with Gasteiger partial charge in [-0.05, 0) is 37.6 Å². The minimum absolute atomic E-state index is 0.246. The first kappa shape index (κ1) is 17.0. The van der Waals surface area contributed by atoms with Gasteiger partial charge in [0.2, 0.25) is 11.8 Å². The number of benzene rings is 1. The highest BCUT2D eigenvalue weighted by atomic mass is 19.4. The summed E-state index contributed by atoms with van der Waals surface area (Å²) < 4.78 is 42.3. The summed E-state index contributed by atoms with van der Waals surface area (Å²) in [7, 11) is 0. The van der Waals surface area contributed by atoms with Crippen molar-refractivity contribution in [3.8, 4) is 0 Å². The maximum absolute atomic E-state index is 12.5. The predicted molar refractivity (Wildman–Crippen MR) is 81.5 cm³/mol. The molecule has 9 heteroatoms. The first-order valence-corrected chi connectivity index (χ1v) is 7.46. The number of carbonyl (C=O) groups excluding carboxylic acids is 2. The Morgan fingerprint density at radius 1 is 1.12 bits per heavy atom. The third-order valence-electron chi connectivity index (χ3n) is 3.82. The molecule has 6 nitrogen and oxygen atoms in total. The molecule has 1 aliphatic rings. The van der Waals surface area contributed by atoms with Crippen molar-refractivity contribution < 1.29 is 27.3 Å². The third-order valence-corrected chi connectivity index (χ3v) is 3.82. The van der Waals surface area contributed by atoms with Gasteiger partial charge in [-0.2, -0.15) is 13.2 Å². The molecular weight excluding hydrogens is 339 g/mol. The van der Waals surface area contributed by atoms with E-state index in [1.165, 1.54) is 12.1 Å². The number of rotatable bonds is 4. The van der Waals surface area contributed by atoms with Gasteiger partial charge >= 0.3 is 6.18 Å². The first-order chi connectivity index (χ1) is 11.7. The zero-order valence-corrected chi connectivity index (χ0v) is 13.1. The summed E-state index contributed by atoms with van der Waals surface area (Å²) in [6, 6.07) is 5.68. The highest BCUT2D eigenvalue weighted by molar-refractivity contribution is 6.02. The number of aryl methyl sites for hydroxylation is 1. The maximum Gasteiger partial charge on any atom is 0.416 e. The molecule has 1 aromatic carbocycles. The lowest BCUT2D eigenvalue weighted by molar-refractivity contribution is -0.137. The second-order valence-electron chi connectivity index (χ2n) is 5.83. The van der Waals surface area contributed by atoms with Crippen LogP contribution in [-0.4, -0.2) is 17.0 Å². The fraction of sp³-hybridized carbons (Fsp3) is 0.312. The van der Waals surface area contributed by atoms with Crippen LogP contribution in [0, 0.1) is 18.8 Å². The van der Waals surface area contributed by atoms with Crippen LogP contribution in [0.4, 0.5) is 24.7 Å². The van der Waals surface area contributed by atoms with Crippen molar-refractivity contribution in [1.29, 1.82) is 0 Å². The number of amides is 2. The Morgan fingerprint density at radius 3 is 2.24 bits per heavy atom. The topological polar surface area (TPSA) is 84.2 Å². The molecule has 3 rings (SSSR count). The molecule has 1 fully saturated rings. The Hall–Kier alpha value is -2.84. The quantitative estimate of drug-likeness (QED) is 0.884. The number of hydrogen-bond donors (Lipinski definition) is 2. The van der Waals surface area contributed by atoms with Crippen LogP contribution in [0.3, 0.4) is 0 Å². The van der Waals surface area contributed by atoms with E-state index in [1.807, 2.05) is 0 Å². The largest absolute Gasteiger partial charge is 0.416 e. The highest BCUT2D eigenvalue weighted by Gasteiger charge is 2.48. The van der Waals surface area contributed by atoms with E-state index in [-0.39, 0.29) is 17.4 Å². The summed E-state index contributed by atoms with van der Waals surface area (Å²) in [5.74, 6) is -0.946. The summed E-state index contributed by atoms with van der Waals surface area (Å²) in [6.07, 6.45) is -4.06. The van der Waals surface area contributed by atoms with Gasteiger partial charge in [-0.15, -0.1) is 0 Å². The molecule has 0 bridgehead atoms. The number of alkyl halides is 3. The number of nitrogens with zero attached hydrogens (tertiary/aromatic N) is 1. The van der Waals surface area contributed by atoms with Crippen molar-refractivity contribution in [3.05, 3.63) is 41.7 Å². The van der Waals surface area contributed by atoms with Crippen molar-refractivity contribution in [2.24, 2.45) is 11.8 Å². The molecule has 2 amide bonds. The lowest BCUT2D eigenvalue weighted by atomic mass is 10.2. The van der Waals surface area contributed by atoms with Crippen LogP contribution in [0.15, 0.2) is 34.9 Å². The Kier molecular flexibility index (Phi) is 4.23. The Labute approximate surface area is 140 Å². The van der Waals surface area contributed by atoms with E-state index < -0.39 is 29.5 Å². The molecule has 1 aromatic heterocycles. The number of halogens is 3. The van der Waals surface area contributed by atoms with Crippen LogP contribution in [-0.2, 0) is 15.8 Å². The van der Waals surface area contributed by atoms with Crippen molar-refractivity contribution in [2.45, 2.75) is 19.5 Å². The zero-order chi connectivity index (χ0) is 18.2. The van der Waals surface area contributed by atoms with E-state index in [4.69, 9.17) is 4.52 Å². The molecule has 1 heterocycles. The van der Waals surface area contributed by atoms with Crippen LogP contribution in [0.5, 0.6) is 0 Å². The van der Waals surface area contributed by atoms with E-state index in [2.05, 4.69) is 15.8 Å². The molecule has 2 aromatic rings. The number of aromatic nitrogens is 1. The van der Waals surface area contributed by atoms with Gasteiger partial charge in [-0.1, -0.05) is 5.16 Å². The summed E-state index contributed by atoms with van der Waals surface area (Å²) in [5, 5.41) is 8.70. The number of anilines is 2. The second kappa shape index (κ2) is 6.23. The SMILES string of the molecule is Cc1cc(NC(=O)C2CC2C(=O)Nc2ccc(C(F)(F)F)cc2)no1. The van der Waals surface area contributed by atoms with Crippen LogP contribution in [0.1, 0.15) is 17.7 Å². The van der Waals surface area contributed by atoms with Crippen LogP contribution < -0.4 is 10.6 Å². The zero-order valence-electron chi connectivity index (χ0n) is 13.1. The van der Waals surface area contributed by atoms with E-state index in [0.717, 1.165) is 12.1 Å². The van der Waals surface area contributed by atoms with Gasteiger partial charge in [0.05, 0.1) is 17.4 Å². The molecule has 0 saturated heterocycles. The van der Waals surface area contributed by atoms with E-state index in [9.17, 15) is 22.8 Å². The fourth-order valence-corrected chi connectivity index (χ4v) is 2.40. The monoisotopic (exact) mass is 353 g/mol. The number of carbonyl (C=O) groups is 2. The standard InChI is InChI=1S/C16H14F3N3O3/c1-8-6-13(22-25-8)21-15(24)12-7-11(12)14(23)20-10-4-2-9(3-5-10)16(17,18)19/h2-6,11-12H,7H2,1H3,(H,20,23)(H,21,22,24). The minimum atomic E-state index is -4.43. The lowest BCUT2D eigenvalue weighted by Gasteiger charge is -2.08. The summed E-state index contributed by atoms with van der Waals surface area (Å²) in [5.41, 5.74) is -0.548. The lowest BCUT2D eigenvalue weighted by Crippen LogP contribution is -2.20. The van der Waals surface area contributed by atoms with Crippen molar-refractivity contribution in [1.82, 2.24) is 5.16 Å². The predicted octanol–water partition coefficient (Wildman–Crippen LogP) is 3.22. The van der Waals surface area contributed by atoms with Crippen LogP contribution in [0.25, 0.3) is 0 Å². The molecule has 2 N–H and O–H groups in total. The first-order valence-electron chi connectivity index (χ1n) is 7.46. The minimum Gasteiger partial charge on any atom is -0.360 e. The molecule has 1 saturated carbocycles. The molecular formula is C16H14F3N3O3. The highest BCUT2D eigenvalue weighted by Crippen LogP contribution is 2.40. The van der Waals surface area contributed by atoms with E-state index >= 15 is 0 Å². The average Bonchev–Trinajstić information content (AvgIpc) is 3.24. The van der Waals surface area contributed by atoms with Gasteiger partial charge in [-0.25, -0.2) is 0 Å². The van der Waals surface area contributed by atoms with Gasteiger partial charge in [0.25, 0.3) is 0 Å². The normalized spacial score (nSPS) is 19.4. The molecule has 132 valence electrons. The second-order valence-corrected chi connectivity index (χ2v) is 5.83. The number of nitrogens with one attached hydrogen (secondary N) is 2. The molecule has 1 aliphatic carbocycles. The molecule has 2 atom stereocenters. The van der Waals surface area contributed by atoms with Gasteiger partial charge in [0, 0.05) is 11.8 Å². The Balaban J connectivity index is 1.54. The molecule has 0 radical (unpaired) electrons. The summed E-state index contributed by atoms with van der Waals surface area (Å²) in [6.45, 7) is 1.68. The van der Waals surface area contributed by atoms with Gasteiger partial charge in [0.15, 0.2) is 5.82 Å². The summed E-state index contributed by atoms with van der Waals surface area (Å²) in [4.78, 5) is 24.1. The molecule has 0 spiro atoms. The Bertz CT molecular complexity index is 799. The van der Waals surface area contributed by atoms with Crippen LogP contribution in [0.2, 0.25) is 0 Å². The third kappa shape index (κ3) is 3.98. The van der Waals surface area contributed by atoms with Crippen LogP contribution >= 0.6 is 0 Å². The van der Waals surface area contributed by atoms with Gasteiger partial charge in [-0.3, -0.25) is 9.59 Å². The van der Waals surface area contributed by atoms with Gasteiger partial charge in [0.1, 0.15) is 5.76 Å². The molecule has 25 heavy (non-hydrogen) atoms. The summed E-state index contributed by atoms with van der Waals surface area (Å²) >= 11 is 0.